The minimum atomic E-state index is 0.172. The summed E-state index contributed by atoms with van der Waals surface area (Å²) < 4.78 is 2.22. The topological polar surface area (TPSA) is 78.4 Å². The second kappa shape index (κ2) is 7.46. The number of halogens is 1. The van der Waals surface area contributed by atoms with E-state index in [0.29, 0.717) is 10.9 Å². The summed E-state index contributed by atoms with van der Waals surface area (Å²) in [6, 6.07) is 4.56. The van der Waals surface area contributed by atoms with Gasteiger partial charge in [0.15, 0.2) is 0 Å². The van der Waals surface area contributed by atoms with Crippen LogP contribution in [0, 0.1) is 0 Å². The Balaban J connectivity index is 1.29. The lowest BCUT2D eigenvalue weighted by molar-refractivity contribution is 0.298. The van der Waals surface area contributed by atoms with Crippen molar-refractivity contribution in [3.05, 3.63) is 52.7 Å². The zero-order chi connectivity index (χ0) is 21.9. The Labute approximate surface area is 192 Å². The lowest BCUT2D eigenvalue weighted by atomic mass is 9.82. The number of likely N-dealkylation sites (tertiary alicyclic amines) is 1. The number of H-pyrrole nitrogens is 2. The van der Waals surface area contributed by atoms with Crippen molar-refractivity contribution in [1.82, 2.24) is 34.8 Å². The van der Waals surface area contributed by atoms with E-state index in [1.807, 2.05) is 6.20 Å². The van der Waals surface area contributed by atoms with Crippen LogP contribution in [0.3, 0.4) is 0 Å². The van der Waals surface area contributed by atoms with Crippen molar-refractivity contribution in [2.24, 2.45) is 0 Å². The summed E-state index contributed by atoms with van der Waals surface area (Å²) in [4.78, 5) is 10.5. The molecule has 4 aromatic rings. The molecule has 1 spiro atoms. The normalized spacial score (nSPS) is 21.7. The van der Waals surface area contributed by atoms with Crippen molar-refractivity contribution in [3.63, 3.8) is 0 Å². The number of aromatic amines is 2. The van der Waals surface area contributed by atoms with Crippen LogP contribution >= 0.6 is 11.6 Å². The van der Waals surface area contributed by atoms with E-state index in [4.69, 9.17) is 21.7 Å². The van der Waals surface area contributed by atoms with E-state index in [2.05, 4.69) is 56.9 Å². The second-order valence-corrected chi connectivity index (χ2v) is 9.91. The molecule has 0 amide bonds. The number of aryl methyl sites for hydroxylation is 1. The van der Waals surface area contributed by atoms with E-state index in [-0.39, 0.29) is 5.41 Å². The van der Waals surface area contributed by atoms with Gasteiger partial charge in [-0.1, -0.05) is 25.4 Å². The Morgan fingerprint density at radius 2 is 2.09 bits per heavy atom. The predicted octanol–water partition coefficient (Wildman–Crippen LogP) is 4.86. The van der Waals surface area contributed by atoms with Gasteiger partial charge >= 0.3 is 0 Å². The lowest BCUT2D eigenvalue weighted by Gasteiger charge is -2.23. The first-order valence-electron chi connectivity index (χ1n) is 11.5. The van der Waals surface area contributed by atoms with E-state index in [1.165, 1.54) is 16.6 Å². The molecule has 166 valence electrons. The first-order valence-corrected chi connectivity index (χ1v) is 11.9. The highest BCUT2D eigenvalue weighted by Gasteiger charge is 2.45. The molecule has 0 saturated carbocycles. The number of rotatable bonds is 5. The summed E-state index contributed by atoms with van der Waals surface area (Å²) in [5, 5.41) is 14.0. The van der Waals surface area contributed by atoms with Crippen LogP contribution in [0.1, 0.15) is 56.0 Å². The Morgan fingerprint density at radius 3 is 2.91 bits per heavy atom. The van der Waals surface area contributed by atoms with E-state index >= 15 is 0 Å². The minimum absolute atomic E-state index is 0.172. The second-order valence-electron chi connectivity index (χ2n) is 9.50. The van der Waals surface area contributed by atoms with Gasteiger partial charge in [0.05, 0.1) is 22.6 Å². The zero-order valence-corrected chi connectivity index (χ0v) is 19.3. The van der Waals surface area contributed by atoms with Crippen molar-refractivity contribution in [3.8, 4) is 11.3 Å². The first kappa shape index (κ1) is 20.0. The summed E-state index contributed by atoms with van der Waals surface area (Å²) in [5.41, 5.74) is 6.95. The number of nitrogens with one attached hydrogen (secondary N) is 2. The predicted molar refractivity (Wildman–Crippen MR) is 126 cm³/mol. The minimum Gasteiger partial charge on any atom is -0.346 e. The average molecular weight is 450 g/mol. The third-order valence-corrected chi connectivity index (χ3v) is 7.93. The summed E-state index contributed by atoms with van der Waals surface area (Å²) >= 11 is 6.25. The molecule has 2 aliphatic rings. The molecular weight excluding hydrogens is 422 g/mol. The van der Waals surface area contributed by atoms with Crippen molar-refractivity contribution in [2.75, 3.05) is 13.1 Å². The van der Waals surface area contributed by atoms with Crippen LogP contribution in [0.2, 0.25) is 5.02 Å². The number of nitrogens with zero attached hydrogens (tertiary/aromatic N) is 5. The maximum Gasteiger partial charge on any atom is 0.137 e. The standard InChI is InChI=1S/C24H28ClN7/c1-3-15(2)18-11-27-23-17(18)8-16(10-26-23)20-9-22-24(5-7-32(22)30-20)4-6-31(14-24)13-21-19(25)12-28-29-21/h8-12,15H,3-7,13-14H2,1-2H3,(H,26,27)(H,28,29). The molecule has 8 heteroatoms. The maximum absolute atomic E-state index is 6.25. The molecule has 0 bridgehead atoms. The van der Waals surface area contributed by atoms with Crippen LogP contribution < -0.4 is 0 Å². The molecule has 6 rings (SSSR count). The fourth-order valence-electron chi connectivity index (χ4n) is 5.53. The van der Waals surface area contributed by atoms with Gasteiger partial charge in [-0.05, 0) is 49.4 Å². The fourth-order valence-corrected chi connectivity index (χ4v) is 5.68. The van der Waals surface area contributed by atoms with E-state index in [9.17, 15) is 0 Å². The molecule has 7 nitrogen and oxygen atoms in total. The van der Waals surface area contributed by atoms with Gasteiger partial charge in [-0.15, -0.1) is 0 Å². The van der Waals surface area contributed by atoms with Gasteiger partial charge in [0.1, 0.15) is 5.65 Å². The average Bonchev–Trinajstić information content (AvgIpc) is 3.60. The largest absolute Gasteiger partial charge is 0.346 e. The van der Waals surface area contributed by atoms with Crippen molar-refractivity contribution < 1.29 is 0 Å². The highest BCUT2D eigenvalue weighted by Crippen LogP contribution is 2.44. The van der Waals surface area contributed by atoms with Gasteiger partial charge in [0, 0.05) is 54.1 Å². The smallest absolute Gasteiger partial charge is 0.137 e. The molecule has 0 aliphatic carbocycles. The van der Waals surface area contributed by atoms with Gasteiger partial charge in [-0.2, -0.15) is 10.2 Å². The van der Waals surface area contributed by atoms with Crippen LogP contribution in [0.15, 0.2) is 30.7 Å². The molecule has 1 saturated heterocycles. The lowest BCUT2D eigenvalue weighted by Crippen LogP contribution is -2.29. The first-order chi connectivity index (χ1) is 15.6. The van der Waals surface area contributed by atoms with Gasteiger partial charge < -0.3 is 4.98 Å². The van der Waals surface area contributed by atoms with Crippen LogP contribution in [0.25, 0.3) is 22.3 Å². The number of aromatic nitrogens is 6. The van der Waals surface area contributed by atoms with Gasteiger partial charge in [0.25, 0.3) is 0 Å². The quantitative estimate of drug-likeness (QED) is 0.456. The molecule has 6 heterocycles. The van der Waals surface area contributed by atoms with Crippen LogP contribution in [-0.4, -0.2) is 47.9 Å². The summed E-state index contributed by atoms with van der Waals surface area (Å²) in [7, 11) is 0. The van der Waals surface area contributed by atoms with Crippen molar-refractivity contribution in [1.29, 1.82) is 0 Å². The Bertz CT molecular complexity index is 1280. The molecule has 2 unspecified atom stereocenters. The molecule has 0 aromatic carbocycles. The number of hydrogen-bond donors (Lipinski definition) is 2. The Kier molecular flexibility index (Phi) is 4.66. The molecular formula is C24H28ClN7. The van der Waals surface area contributed by atoms with Crippen LogP contribution in [0.4, 0.5) is 0 Å². The van der Waals surface area contributed by atoms with Gasteiger partial charge in [0.2, 0.25) is 0 Å². The van der Waals surface area contributed by atoms with Crippen molar-refractivity contribution in [2.45, 2.75) is 57.5 Å². The molecule has 4 aromatic heterocycles. The number of hydrogen-bond acceptors (Lipinski definition) is 4. The number of pyridine rings is 1. The highest BCUT2D eigenvalue weighted by molar-refractivity contribution is 6.31. The fraction of sp³-hybridized carbons (Fsp3) is 0.458. The summed E-state index contributed by atoms with van der Waals surface area (Å²) in [5.74, 6) is 0.504. The monoisotopic (exact) mass is 449 g/mol. The molecule has 2 aliphatic heterocycles. The summed E-state index contributed by atoms with van der Waals surface area (Å²) in [6.07, 6.45) is 9.15. The third-order valence-electron chi connectivity index (χ3n) is 7.61. The van der Waals surface area contributed by atoms with Gasteiger partial charge in [-0.3, -0.25) is 14.7 Å². The van der Waals surface area contributed by atoms with E-state index < -0.39 is 0 Å². The highest BCUT2D eigenvalue weighted by atomic mass is 35.5. The Morgan fingerprint density at radius 1 is 1.22 bits per heavy atom. The zero-order valence-electron chi connectivity index (χ0n) is 18.5. The molecule has 1 fully saturated rings. The van der Waals surface area contributed by atoms with E-state index in [0.717, 1.165) is 68.0 Å². The molecule has 2 N–H and O–H groups in total. The van der Waals surface area contributed by atoms with Crippen LogP contribution in [0.5, 0.6) is 0 Å². The molecule has 0 radical (unpaired) electrons. The third kappa shape index (κ3) is 3.10. The maximum atomic E-state index is 6.25. The number of fused-ring (bicyclic) bond motifs is 3. The molecule has 2 atom stereocenters. The van der Waals surface area contributed by atoms with Crippen molar-refractivity contribution >= 4 is 22.6 Å². The Hall–Kier alpha value is -2.64. The molecule has 32 heavy (non-hydrogen) atoms. The SMILES string of the molecule is CCC(C)c1c[nH]c2ncc(-c3cc4n(n3)CCC43CCN(Cc4[nH]ncc4Cl)C3)cc12. The van der Waals surface area contributed by atoms with E-state index in [1.54, 1.807) is 6.20 Å². The summed E-state index contributed by atoms with van der Waals surface area (Å²) in [6.45, 7) is 8.38. The van der Waals surface area contributed by atoms with Crippen LogP contribution in [-0.2, 0) is 18.5 Å². The van der Waals surface area contributed by atoms with Gasteiger partial charge in [-0.25, -0.2) is 4.98 Å².